The van der Waals surface area contributed by atoms with E-state index in [1.165, 1.54) is 96.3 Å². The van der Waals surface area contributed by atoms with E-state index in [0.29, 0.717) is 13.0 Å². The summed E-state index contributed by atoms with van der Waals surface area (Å²) >= 11 is 0. The predicted molar refractivity (Wildman–Crippen MR) is 293 cm³/mol. The highest BCUT2D eigenvalue weighted by atomic mass is 31.2. The van der Waals surface area contributed by atoms with Crippen LogP contribution in [0.2, 0.25) is 0 Å². The van der Waals surface area contributed by atoms with E-state index in [2.05, 4.69) is 123 Å². The molecular weight excluding hydrogens is 866 g/mol. The molecule has 2 unspecified atom stereocenters. The van der Waals surface area contributed by atoms with Crippen LogP contribution in [0.1, 0.15) is 219 Å². The molecule has 0 aromatic heterocycles. The Hall–Kier alpha value is -2.84. The fraction of sp³-hybridized carbons (Fsp3) is 0.678. The van der Waals surface area contributed by atoms with Crippen LogP contribution in [-0.2, 0) is 27.9 Å². The number of rotatable bonds is 51. The molecule has 3 N–H and O–H groups in total. The van der Waals surface area contributed by atoms with Crippen molar-refractivity contribution in [2.75, 3.05) is 33.0 Å². The summed E-state index contributed by atoms with van der Waals surface area (Å²) in [6.45, 7) is 4.68. The van der Waals surface area contributed by atoms with Gasteiger partial charge in [-0.1, -0.05) is 226 Å². The van der Waals surface area contributed by atoms with Gasteiger partial charge in [0, 0.05) is 19.6 Å². The van der Waals surface area contributed by atoms with Crippen molar-refractivity contribution in [3.05, 3.63) is 109 Å². The lowest BCUT2D eigenvalue weighted by Gasteiger charge is -2.20. The van der Waals surface area contributed by atoms with Crippen molar-refractivity contribution in [3.8, 4) is 0 Å². The van der Waals surface area contributed by atoms with Gasteiger partial charge in [-0.05, 0) is 96.3 Å². The van der Waals surface area contributed by atoms with Crippen LogP contribution >= 0.6 is 7.82 Å². The summed E-state index contributed by atoms with van der Waals surface area (Å²) in [6, 6.07) is 0. The largest absolute Gasteiger partial charge is 0.472 e. The van der Waals surface area contributed by atoms with Crippen molar-refractivity contribution in [1.29, 1.82) is 0 Å². The van der Waals surface area contributed by atoms with Gasteiger partial charge in [0.25, 0.3) is 0 Å². The minimum atomic E-state index is -4.30. The number of carbonyl (C=O) groups excluding carboxylic acids is 1. The topological polar surface area (TPSA) is 117 Å². The highest BCUT2D eigenvalue weighted by molar-refractivity contribution is 7.47. The van der Waals surface area contributed by atoms with Crippen molar-refractivity contribution >= 4 is 13.8 Å². The first-order valence-electron chi connectivity index (χ1n) is 27.4. The molecule has 9 heteroatoms. The number of phosphoric acid groups is 1. The first-order valence-corrected chi connectivity index (χ1v) is 28.9. The number of hydrogen-bond donors (Lipinski definition) is 2. The van der Waals surface area contributed by atoms with Gasteiger partial charge >= 0.3 is 13.8 Å². The summed E-state index contributed by atoms with van der Waals surface area (Å²) in [5.41, 5.74) is 5.40. The monoisotopic (exact) mass is 968 g/mol. The van der Waals surface area contributed by atoms with E-state index < -0.39 is 13.9 Å². The maximum atomic E-state index is 12.7. The lowest BCUT2D eigenvalue weighted by atomic mass is 10.0. The van der Waals surface area contributed by atoms with Gasteiger partial charge in [0.15, 0.2) is 0 Å². The second-order valence-corrected chi connectivity index (χ2v) is 19.1. The standard InChI is InChI=1S/C59H102NO7P/c1-3-5-7-9-11-13-15-17-19-21-23-25-27-28-29-31-33-35-37-39-41-43-45-47-49-51-54-64-56-58(57-66-68(62,63)65-55-53-60)67-59(61)52-50-48-46-44-42-40-38-36-34-32-30-26-24-22-20-18-16-14-12-10-8-6-4-2/h5-8,11-14,17-20,23-26,32,34,58H,3-4,9-10,15-16,21-22,27-31,33,35-57,60H2,1-2H3,(H,62,63)/b7-5-,8-6-,13-11-,14-12-,19-17-,20-18-,25-23-,26-24-,34-32-. The summed E-state index contributed by atoms with van der Waals surface area (Å²) in [4.78, 5) is 22.7. The van der Waals surface area contributed by atoms with E-state index in [1.807, 2.05) is 0 Å². The highest BCUT2D eigenvalue weighted by Gasteiger charge is 2.25. The van der Waals surface area contributed by atoms with E-state index in [1.54, 1.807) is 0 Å². The Morgan fingerprint density at radius 2 is 0.779 bits per heavy atom. The lowest BCUT2D eigenvalue weighted by Crippen LogP contribution is -2.28. The minimum Gasteiger partial charge on any atom is -0.457 e. The van der Waals surface area contributed by atoms with E-state index >= 15 is 0 Å². The summed E-state index contributed by atoms with van der Waals surface area (Å²) in [5, 5.41) is 0. The van der Waals surface area contributed by atoms with Gasteiger partial charge in [0.05, 0.1) is 19.8 Å². The van der Waals surface area contributed by atoms with E-state index in [-0.39, 0.29) is 32.3 Å². The van der Waals surface area contributed by atoms with E-state index in [0.717, 1.165) is 103 Å². The molecule has 0 radical (unpaired) electrons. The molecule has 0 spiro atoms. The lowest BCUT2D eigenvalue weighted by molar-refractivity contribution is -0.154. The summed E-state index contributed by atoms with van der Waals surface area (Å²) in [7, 11) is -4.30. The van der Waals surface area contributed by atoms with Gasteiger partial charge in [0.2, 0.25) is 0 Å². The molecule has 2 atom stereocenters. The fourth-order valence-electron chi connectivity index (χ4n) is 7.25. The average molecular weight is 968 g/mol. The summed E-state index contributed by atoms with van der Waals surface area (Å²) in [6.07, 6.45) is 75.6. The number of allylic oxidation sites excluding steroid dienone is 18. The van der Waals surface area contributed by atoms with Gasteiger partial charge in [0.1, 0.15) is 6.10 Å². The molecule has 0 bridgehead atoms. The van der Waals surface area contributed by atoms with Crippen molar-refractivity contribution in [2.45, 2.75) is 225 Å². The number of ether oxygens (including phenoxy) is 2. The maximum absolute atomic E-state index is 12.7. The first kappa shape index (κ1) is 65.2. The van der Waals surface area contributed by atoms with Crippen LogP contribution in [0.25, 0.3) is 0 Å². The predicted octanol–water partition coefficient (Wildman–Crippen LogP) is 17.5. The molecule has 68 heavy (non-hydrogen) atoms. The van der Waals surface area contributed by atoms with Crippen LogP contribution in [0.15, 0.2) is 109 Å². The minimum absolute atomic E-state index is 0.0928. The molecule has 0 heterocycles. The number of nitrogens with two attached hydrogens (primary N) is 1. The number of phosphoric ester groups is 1. The van der Waals surface area contributed by atoms with Crippen molar-refractivity contribution < 1.29 is 32.8 Å². The number of unbranched alkanes of at least 4 members (excludes halogenated alkanes) is 20. The Labute approximate surface area is 418 Å². The third-order valence-electron chi connectivity index (χ3n) is 11.2. The van der Waals surface area contributed by atoms with Crippen LogP contribution in [0, 0.1) is 0 Å². The normalized spacial score (nSPS) is 14.1. The number of esters is 1. The Balaban J connectivity index is 3.96. The van der Waals surface area contributed by atoms with Gasteiger partial charge in [-0.25, -0.2) is 4.57 Å². The zero-order chi connectivity index (χ0) is 49.4. The van der Waals surface area contributed by atoms with Crippen LogP contribution in [0.4, 0.5) is 0 Å². The zero-order valence-corrected chi connectivity index (χ0v) is 44.4. The zero-order valence-electron chi connectivity index (χ0n) is 43.6. The van der Waals surface area contributed by atoms with Crippen molar-refractivity contribution in [1.82, 2.24) is 0 Å². The summed E-state index contributed by atoms with van der Waals surface area (Å²) < 4.78 is 33.7. The Bertz CT molecular complexity index is 1410. The highest BCUT2D eigenvalue weighted by Crippen LogP contribution is 2.43. The molecule has 0 rings (SSSR count). The second-order valence-electron chi connectivity index (χ2n) is 17.7. The Kier molecular flexibility index (Phi) is 52.8. The molecule has 390 valence electrons. The molecule has 0 aliphatic rings. The van der Waals surface area contributed by atoms with E-state index in [4.69, 9.17) is 24.3 Å². The van der Waals surface area contributed by atoms with Crippen molar-refractivity contribution in [3.63, 3.8) is 0 Å². The van der Waals surface area contributed by atoms with E-state index in [9.17, 15) is 14.3 Å². The average Bonchev–Trinajstić information content (AvgIpc) is 3.33. The van der Waals surface area contributed by atoms with Crippen LogP contribution < -0.4 is 5.73 Å². The number of carbonyl (C=O) groups is 1. The smallest absolute Gasteiger partial charge is 0.457 e. The second kappa shape index (κ2) is 55.1. The summed E-state index contributed by atoms with van der Waals surface area (Å²) in [5.74, 6) is -0.344. The van der Waals surface area contributed by atoms with Gasteiger partial charge in [-0.2, -0.15) is 0 Å². The van der Waals surface area contributed by atoms with Crippen LogP contribution in [0.5, 0.6) is 0 Å². The molecule has 0 aromatic rings. The van der Waals surface area contributed by atoms with Crippen LogP contribution in [-0.4, -0.2) is 49.9 Å². The molecule has 0 aliphatic heterocycles. The SMILES string of the molecule is CC/C=C\C/C=C\C/C=C\C/C=C\C/C=C\CCCCCCCCCC(=O)OC(COCCCCCCCCCCCCCCC/C=C\C/C=C\C/C=C\C/C=C\CC)COP(=O)(O)OCCN. The van der Waals surface area contributed by atoms with Crippen LogP contribution in [0.3, 0.4) is 0 Å². The first-order chi connectivity index (χ1) is 33.4. The molecule has 8 nitrogen and oxygen atoms in total. The third-order valence-corrected chi connectivity index (χ3v) is 12.2. The molecule has 0 saturated carbocycles. The molecule has 0 aromatic carbocycles. The van der Waals surface area contributed by atoms with Gasteiger partial charge in [-0.3, -0.25) is 13.8 Å². The van der Waals surface area contributed by atoms with Gasteiger partial charge < -0.3 is 20.1 Å². The molecule has 0 aliphatic carbocycles. The third kappa shape index (κ3) is 54.1. The number of hydrogen-bond acceptors (Lipinski definition) is 7. The van der Waals surface area contributed by atoms with Crippen molar-refractivity contribution in [2.24, 2.45) is 5.73 Å². The Morgan fingerprint density at radius 3 is 1.16 bits per heavy atom. The Morgan fingerprint density at radius 1 is 0.441 bits per heavy atom. The molecular formula is C59H102NO7P. The quantitative estimate of drug-likeness (QED) is 0.0268. The fourth-order valence-corrected chi connectivity index (χ4v) is 8.02. The molecule has 0 fully saturated rings. The maximum Gasteiger partial charge on any atom is 0.472 e. The van der Waals surface area contributed by atoms with Gasteiger partial charge in [-0.15, -0.1) is 0 Å². The molecule has 0 amide bonds. The molecule has 0 saturated heterocycles.